The van der Waals surface area contributed by atoms with E-state index in [-0.39, 0.29) is 18.4 Å². The van der Waals surface area contributed by atoms with Crippen LogP contribution in [0.15, 0.2) is 0 Å². The average molecular weight is 167 g/mol. The topological polar surface area (TPSA) is 40.5 Å². The normalized spacial score (nSPS) is 25.6. The first kappa shape index (κ1) is 9.08. The number of hydrogen-bond donors (Lipinski definition) is 1. The lowest BCUT2D eigenvalue weighted by atomic mass is 10.2. The Morgan fingerprint density at radius 1 is 1.92 bits per heavy atom. The van der Waals surface area contributed by atoms with Gasteiger partial charge >= 0.3 is 0 Å². The number of β-amino-alcohol motifs (C(OH)–C–C–N with tert-alkyl or cyclic N) is 1. The van der Waals surface area contributed by atoms with Gasteiger partial charge in [0.25, 0.3) is 0 Å². The van der Waals surface area contributed by atoms with Crippen LogP contribution in [0.3, 0.4) is 0 Å². The van der Waals surface area contributed by atoms with Gasteiger partial charge < -0.3 is 10.0 Å². The average Bonchev–Trinajstić information content (AvgIpc) is 2.30. The highest BCUT2D eigenvalue weighted by Crippen LogP contribution is 2.15. The third-order valence-electron chi connectivity index (χ3n) is 2.08. The molecule has 1 rings (SSSR count). The molecule has 0 aromatic heterocycles. The highest BCUT2D eigenvalue weighted by Gasteiger charge is 2.30. The van der Waals surface area contributed by atoms with Crippen LogP contribution in [-0.4, -0.2) is 34.6 Å². The highest BCUT2D eigenvalue weighted by molar-refractivity contribution is 5.79. The molecule has 3 heteroatoms. The zero-order valence-corrected chi connectivity index (χ0v) is 7.16. The van der Waals surface area contributed by atoms with Gasteiger partial charge in [0.1, 0.15) is 0 Å². The van der Waals surface area contributed by atoms with Crippen molar-refractivity contribution in [2.45, 2.75) is 31.9 Å². The number of carbonyl (C=O) groups excluding carboxylic acids is 1. The van der Waals surface area contributed by atoms with Crippen molar-refractivity contribution in [1.29, 1.82) is 0 Å². The molecule has 1 aliphatic rings. The predicted octanol–water partition coefficient (Wildman–Crippen LogP) is -0.00860. The Morgan fingerprint density at radius 3 is 3.00 bits per heavy atom. The molecule has 2 unspecified atom stereocenters. The van der Waals surface area contributed by atoms with Crippen LogP contribution < -0.4 is 0 Å². The van der Waals surface area contributed by atoms with Gasteiger partial charge in [0.2, 0.25) is 5.91 Å². The van der Waals surface area contributed by atoms with Crippen LogP contribution in [0.25, 0.3) is 0 Å². The molecule has 1 fully saturated rings. The second kappa shape index (κ2) is 3.59. The number of aliphatic hydroxyl groups is 1. The van der Waals surface area contributed by atoms with Gasteiger partial charge in [-0.1, -0.05) is 0 Å². The molecule has 0 aliphatic carbocycles. The lowest BCUT2D eigenvalue weighted by Gasteiger charge is -2.22. The largest absolute Gasteiger partial charge is 0.391 e. The lowest BCUT2D eigenvalue weighted by Crippen LogP contribution is -2.34. The summed E-state index contributed by atoms with van der Waals surface area (Å²) in [6.07, 6.45) is 5.42. The molecular formula is C9H13NO2. The Hall–Kier alpha value is -1.01. The number of aliphatic hydroxyl groups excluding tert-OH is 1. The lowest BCUT2D eigenvalue weighted by molar-refractivity contribution is -0.129. The summed E-state index contributed by atoms with van der Waals surface area (Å²) in [6.45, 7) is 2.33. The van der Waals surface area contributed by atoms with Crippen LogP contribution in [0.5, 0.6) is 0 Å². The van der Waals surface area contributed by atoms with E-state index in [0.29, 0.717) is 13.0 Å². The third-order valence-corrected chi connectivity index (χ3v) is 2.08. The number of likely N-dealkylation sites (tertiary alicyclic amines) is 1. The molecule has 1 aliphatic heterocycles. The summed E-state index contributed by atoms with van der Waals surface area (Å²) in [6, 6.07) is 0.0552. The van der Waals surface area contributed by atoms with E-state index in [0.717, 1.165) is 0 Å². The molecule has 0 saturated carbocycles. The number of carbonyl (C=O) groups is 1. The molecule has 0 radical (unpaired) electrons. The minimum atomic E-state index is -0.502. The van der Waals surface area contributed by atoms with Gasteiger partial charge in [-0.2, -0.15) is 0 Å². The summed E-state index contributed by atoms with van der Waals surface area (Å²) in [5, 5.41) is 9.17. The first-order valence-electron chi connectivity index (χ1n) is 4.06. The maximum atomic E-state index is 11.2. The number of terminal acetylenes is 1. The maximum absolute atomic E-state index is 11.2. The standard InChI is InChI=1S/C9H13NO2/c1-3-4-7(2)10-6-8(11)5-9(10)12/h1,7-8,11H,4-6H2,2H3. The van der Waals surface area contributed by atoms with Crippen molar-refractivity contribution in [2.24, 2.45) is 0 Å². The monoisotopic (exact) mass is 167 g/mol. The fourth-order valence-electron chi connectivity index (χ4n) is 1.42. The van der Waals surface area contributed by atoms with E-state index >= 15 is 0 Å². The number of hydrogen-bond acceptors (Lipinski definition) is 2. The second-order valence-electron chi connectivity index (χ2n) is 3.16. The molecule has 1 heterocycles. The molecule has 0 aromatic carbocycles. The molecular weight excluding hydrogens is 154 g/mol. The zero-order valence-electron chi connectivity index (χ0n) is 7.16. The molecule has 12 heavy (non-hydrogen) atoms. The Labute approximate surface area is 72.4 Å². The van der Waals surface area contributed by atoms with Crippen LogP contribution in [0, 0.1) is 12.3 Å². The Kier molecular flexibility index (Phi) is 2.72. The second-order valence-corrected chi connectivity index (χ2v) is 3.16. The first-order valence-corrected chi connectivity index (χ1v) is 4.06. The maximum Gasteiger partial charge on any atom is 0.225 e. The smallest absolute Gasteiger partial charge is 0.225 e. The van der Waals surface area contributed by atoms with Crippen LogP contribution in [0.1, 0.15) is 19.8 Å². The molecule has 0 spiro atoms. The van der Waals surface area contributed by atoms with Crippen molar-refractivity contribution in [2.75, 3.05) is 6.54 Å². The SMILES string of the molecule is C#CCC(C)N1CC(O)CC1=O. The summed E-state index contributed by atoms with van der Waals surface area (Å²) >= 11 is 0. The fourth-order valence-corrected chi connectivity index (χ4v) is 1.42. The molecule has 3 nitrogen and oxygen atoms in total. The van der Waals surface area contributed by atoms with E-state index < -0.39 is 6.10 Å². The van der Waals surface area contributed by atoms with Crippen molar-refractivity contribution >= 4 is 5.91 Å². The van der Waals surface area contributed by atoms with E-state index in [1.165, 1.54) is 0 Å². The van der Waals surface area contributed by atoms with Gasteiger partial charge in [0.15, 0.2) is 0 Å². The van der Waals surface area contributed by atoms with E-state index in [2.05, 4.69) is 5.92 Å². The minimum absolute atomic E-state index is 0.00486. The van der Waals surface area contributed by atoms with Gasteiger partial charge in [-0.25, -0.2) is 0 Å². The Balaban J connectivity index is 2.53. The first-order chi connectivity index (χ1) is 5.65. The summed E-state index contributed by atoms with van der Waals surface area (Å²) in [7, 11) is 0. The van der Waals surface area contributed by atoms with Crippen LogP contribution in [-0.2, 0) is 4.79 Å². The molecule has 66 valence electrons. The van der Waals surface area contributed by atoms with Gasteiger partial charge in [-0.3, -0.25) is 4.79 Å². The summed E-state index contributed by atoms with van der Waals surface area (Å²) in [5.41, 5.74) is 0. The zero-order chi connectivity index (χ0) is 9.14. The minimum Gasteiger partial charge on any atom is -0.391 e. The summed E-state index contributed by atoms with van der Waals surface area (Å²) in [5.74, 6) is 2.51. The summed E-state index contributed by atoms with van der Waals surface area (Å²) in [4.78, 5) is 12.8. The van der Waals surface area contributed by atoms with Crippen molar-refractivity contribution < 1.29 is 9.90 Å². The molecule has 1 saturated heterocycles. The fraction of sp³-hybridized carbons (Fsp3) is 0.667. The summed E-state index contributed by atoms with van der Waals surface area (Å²) < 4.78 is 0. The van der Waals surface area contributed by atoms with Crippen molar-refractivity contribution in [3.63, 3.8) is 0 Å². The van der Waals surface area contributed by atoms with Crippen molar-refractivity contribution in [3.05, 3.63) is 0 Å². The van der Waals surface area contributed by atoms with Gasteiger partial charge in [0.05, 0.1) is 12.5 Å². The number of rotatable bonds is 2. The van der Waals surface area contributed by atoms with E-state index in [1.807, 2.05) is 6.92 Å². The van der Waals surface area contributed by atoms with Crippen LogP contribution in [0.4, 0.5) is 0 Å². The van der Waals surface area contributed by atoms with E-state index in [9.17, 15) is 9.90 Å². The molecule has 1 amide bonds. The Bertz CT molecular complexity index is 219. The van der Waals surface area contributed by atoms with Crippen LogP contribution in [0.2, 0.25) is 0 Å². The van der Waals surface area contributed by atoms with E-state index in [4.69, 9.17) is 6.42 Å². The molecule has 1 N–H and O–H groups in total. The van der Waals surface area contributed by atoms with Crippen LogP contribution >= 0.6 is 0 Å². The quantitative estimate of drug-likeness (QED) is 0.588. The van der Waals surface area contributed by atoms with Gasteiger partial charge in [-0.15, -0.1) is 12.3 Å². The highest BCUT2D eigenvalue weighted by atomic mass is 16.3. The predicted molar refractivity (Wildman–Crippen MR) is 45.2 cm³/mol. The molecule has 0 aromatic rings. The van der Waals surface area contributed by atoms with Gasteiger partial charge in [-0.05, 0) is 6.92 Å². The van der Waals surface area contributed by atoms with Crippen molar-refractivity contribution in [3.8, 4) is 12.3 Å². The van der Waals surface area contributed by atoms with Gasteiger partial charge in [0, 0.05) is 19.0 Å². The molecule has 2 atom stereocenters. The number of amides is 1. The molecule has 0 bridgehead atoms. The number of nitrogens with zero attached hydrogens (tertiary/aromatic N) is 1. The Morgan fingerprint density at radius 2 is 2.58 bits per heavy atom. The third kappa shape index (κ3) is 1.77. The van der Waals surface area contributed by atoms with E-state index in [1.54, 1.807) is 4.90 Å². The van der Waals surface area contributed by atoms with Crippen molar-refractivity contribution in [1.82, 2.24) is 4.90 Å².